The molecule has 0 atom stereocenters. The van der Waals surface area contributed by atoms with Crippen molar-refractivity contribution in [1.82, 2.24) is 5.32 Å². The third-order valence-corrected chi connectivity index (χ3v) is 5.32. The number of carbonyl (C=O) groups is 1. The third-order valence-electron chi connectivity index (χ3n) is 5.32. The fourth-order valence-electron chi connectivity index (χ4n) is 3.42. The van der Waals surface area contributed by atoms with Crippen LogP contribution in [0.3, 0.4) is 0 Å². The smallest absolute Gasteiger partial charge is 0.225 e. The van der Waals surface area contributed by atoms with E-state index in [1.54, 1.807) is 7.11 Å². The number of amides is 1. The summed E-state index contributed by atoms with van der Waals surface area (Å²) in [6, 6.07) is 16.1. The van der Waals surface area contributed by atoms with Crippen LogP contribution < -0.4 is 20.3 Å². The molecule has 0 aromatic heterocycles. The highest BCUT2D eigenvalue weighted by Gasteiger charge is 2.15. The number of rotatable bonds is 8. The summed E-state index contributed by atoms with van der Waals surface area (Å²) in [4.78, 5) is 14.6. The molecule has 1 saturated heterocycles. The average molecular weight is 382 g/mol. The second-order valence-electron chi connectivity index (χ2n) is 7.54. The number of anilines is 2. The second-order valence-corrected chi connectivity index (χ2v) is 7.54. The lowest BCUT2D eigenvalue weighted by atomic mass is 9.99. The van der Waals surface area contributed by atoms with E-state index in [1.165, 1.54) is 24.1 Å². The lowest BCUT2D eigenvalue weighted by molar-refractivity contribution is -0.116. The summed E-state index contributed by atoms with van der Waals surface area (Å²) in [5.74, 6) is 1.71. The van der Waals surface area contributed by atoms with Gasteiger partial charge in [0.2, 0.25) is 5.91 Å². The van der Waals surface area contributed by atoms with Crippen molar-refractivity contribution in [2.45, 2.75) is 32.7 Å². The molecule has 2 aromatic carbocycles. The summed E-state index contributed by atoms with van der Waals surface area (Å²) in [6.07, 6.45) is 2.95. The molecule has 5 nitrogen and oxygen atoms in total. The standard InChI is InChI=1S/C23H31N3O2/c1-18-12-15-26(16-13-18)21-7-5-20(6-8-21)25-23(27)11-14-24-17-19-3-9-22(28-2)10-4-19/h3-10,18,24H,11-17H2,1-2H3,(H,25,27). The van der Waals surface area contributed by atoms with Crippen molar-refractivity contribution in [3.8, 4) is 5.75 Å². The van der Waals surface area contributed by atoms with Crippen molar-refractivity contribution in [1.29, 1.82) is 0 Å². The van der Waals surface area contributed by atoms with Crippen LogP contribution in [-0.4, -0.2) is 32.7 Å². The molecule has 2 N–H and O–H groups in total. The molecule has 1 fully saturated rings. The van der Waals surface area contributed by atoms with Crippen molar-refractivity contribution in [3.63, 3.8) is 0 Å². The van der Waals surface area contributed by atoms with E-state index in [0.717, 1.165) is 37.0 Å². The van der Waals surface area contributed by atoms with Crippen LogP contribution >= 0.6 is 0 Å². The van der Waals surface area contributed by atoms with Gasteiger partial charge in [-0.3, -0.25) is 4.79 Å². The number of hydrogen-bond donors (Lipinski definition) is 2. The zero-order chi connectivity index (χ0) is 19.8. The van der Waals surface area contributed by atoms with Gasteiger partial charge in [-0.25, -0.2) is 0 Å². The molecular weight excluding hydrogens is 350 g/mol. The van der Waals surface area contributed by atoms with Crippen LogP contribution in [-0.2, 0) is 11.3 Å². The maximum absolute atomic E-state index is 12.2. The Labute approximate surface area is 168 Å². The minimum atomic E-state index is 0.0294. The summed E-state index contributed by atoms with van der Waals surface area (Å²) in [5.41, 5.74) is 3.27. The van der Waals surface area contributed by atoms with Crippen LogP contribution in [0.1, 0.15) is 31.7 Å². The maximum Gasteiger partial charge on any atom is 0.225 e. The molecule has 3 rings (SSSR count). The summed E-state index contributed by atoms with van der Waals surface area (Å²) >= 11 is 0. The first-order valence-corrected chi connectivity index (χ1v) is 10.1. The summed E-state index contributed by atoms with van der Waals surface area (Å²) in [5, 5.41) is 6.28. The molecule has 1 heterocycles. The number of benzene rings is 2. The first-order chi connectivity index (χ1) is 13.6. The zero-order valence-corrected chi connectivity index (χ0v) is 16.9. The average Bonchev–Trinajstić information content (AvgIpc) is 2.73. The third kappa shape index (κ3) is 5.99. The number of nitrogens with one attached hydrogen (secondary N) is 2. The van der Waals surface area contributed by atoms with E-state index in [2.05, 4.69) is 34.6 Å². The minimum absolute atomic E-state index is 0.0294. The van der Waals surface area contributed by atoms with Gasteiger partial charge < -0.3 is 20.3 Å². The quantitative estimate of drug-likeness (QED) is 0.678. The van der Waals surface area contributed by atoms with Gasteiger partial charge >= 0.3 is 0 Å². The van der Waals surface area contributed by atoms with Gasteiger partial charge in [0.05, 0.1) is 7.11 Å². The SMILES string of the molecule is COc1ccc(CNCCC(=O)Nc2ccc(N3CCC(C)CC3)cc2)cc1. The molecule has 1 aliphatic heterocycles. The van der Waals surface area contributed by atoms with Crippen LogP contribution in [0.25, 0.3) is 0 Å². The molecule has 0 saturated carbocycles. The Hall–Kier alpha value is -2.53. The molecule has 2 aromatic rings. The van der Waals surface area contributed by atoms with Crippen LogP contribution in [0, 0.1) is 5.92 Å². The highest BCUT2D eigenvalue weighted by molar-refractivity contribution is 5.91. The van der Waals surface area contributed by atoms with Crippen LogP contribution in [0.5, 0.6) is 5.75 Å². The van der Waals surface area contributed by atoms with Gasteiger partial charge in [-0.15, -0.1) is 0 Å². The predicted molar refractivity (Wildman–Crippen MR) is 115 cm³/mol. The lowest BCUT2D eigenvalue weighted by Crippen LogP contribution is -2.32. The van der Waals surface area contributed by atoms with Crippen LogP contribution in [0.4, 0.5) is 11.4 Å². The Morgan fingerprint density at radius 2 is 1.75 bits per heavy atom. The number of carbonyl (C=O) groups excluding carboxylic acids is 1. The fourth-order valence-corrected chi connectivity index (χ4v) is 3.42. The topological polar surface area (TPSA) is 53.6 Å². The highest BCUT2D eigenvalue weighted by Crippen LogP contribution is 2.24. The number of nitrogens with zero attached hydrogens (tertiary/aromatic N) is 1. The molecule has 5 heteroatoms. The summed E-state index contributed by atoms with van der Waals surface area (Å²) in [6.45, 7) is 5.93. The van der Waals surface area contributed by atoms with Gasteiger partial charge in [0.15, 0.2) is 0 Å². The molecule has 28 heavy (non-hydrogen) atoms. The van der Waals surface area contributed by atoms with Crippen LogP contribution in [0.2, 0.25) is 0 Å². The molecule has 0 aliphatic carbocycles. The van der Waals surface area contributed by atoms with E-state index in [9.17, 15) is 4.79 Å². The van der Waals surface area contributed by atoms with Crippen molar-refractivity contribution < 1.29 is 9.53 Å². The molecule has 1 aliphatic rings. The van der Waals surface area contributed by atoms with E-state index in [-0.39, 0.29) is 5.91 Å². The fraction of sp³-hybridized carbons (Fsp3) is 0.435. The predicted octanol–water partition coefficient (Wildman–Crippen LogP) is 4.05. The number of methoxy groups -OCH3 is 1. The van der Waals surface area contributed by atoms with Crippen molar-refractivity contribution in [3.05, 3.63) is 54.1 Å². The van der Waals surface area contributed by atoms with Crippen molar-refractivity contribution in [2.75, 3.05) is 37.0 Å². The Kier molecular flexibility index (Phi) is 7.31. The number of ether oxygens (including phenoxy) is 1. The largest absolute Gasteiger partial charge is 0.497 e. The van der Waals surface area contributed by atoms with Gasteiger partial charge in [0, 0.05) is 44.0 Å². The molecule has 0 bridgehead atoms. The van der Waals surface area contributed by atoms with E-state index in [4.69, 9.17) is 4.74 Å². The van der Waals surface area contributed by atoms with E-state index in [0.29, 0.717) is 13.0 Å². The van der Waals surface area contributed by atoms with E-state index < -0.39 is 0 Å². The maximum atomic E-state index is 12.2. The van der Waals surface area contributed by atoms with E-state index in [1.807, 2.05) is 36.4 Å². The Balaban J connectivity index is 1.37. The molecule has 1 amide bonds. The second kappa shape index (κ2) is 10.1. The Morgan fingerprint density at radius 1 is 1.07 bits per heavy atom. The zero-order valence-electron chi connectivity index (χ0n) is 16.9. The molecule has 0 spiro atoms. The van der Waals surface area contributed by atoms with E-state index >= 15 is 0 Å². The van der Waals surface area contributed by atoms with Gasteiger partial charge in [-0.1, -0.05) is 19.1 Å². The monoisotopic (exact) mass is 381 g/mol. The lowest BCUT2D eigenvalue weighted by Gasteiger charge is -2.32. The van der Waals surface area contributed by atoms with Crippen molar-refractivity contribution >= 4 is 17.3 Å². The molecular formula is C23H31N3O2. The van der Waals surface area contributed by atoms with Gasteiger partial charge in [0.1, 0.15) is 5.75 Å². The molecule has 150 valence electrons. The van der Waals surface area contributed by atoms with Crippen LogP contribution in [0.15, 0.2) is 48.5 Å². The van der Waals surface area contributed by atoms with Gasteiger partial charge in [0.25, 0.3) is 0 Å². The highest BCUT2D eigenvalue weighted by atomic mass is 16.5. The van der Waals surface area contributed by atoms with Gasteiger partial charge in [-0.05, 0) is 60.7 Å². The summed E-state index contributed by atoms with van der Waals surface area (Å²) in [7, 11) is 1.66. The summed E-state index contributed by atoms with van der Waals surface area (Å²) < 4.78 is 5.15. The number of piperidine rings is 1. The Bertz CT molecular complexity index is 735. The first-order valence-electron chi connectivity index (χ1n) is 10.1. The number of hydrogen-bond acceptors (Lipinski definition) is 4. The van der Waals surface area contributed by atoms with Crippen molar-refractivity contribution in [2.24, 2.45) is 5.92 Å². The van der Waals surface area contributed by atoms with Gasteiger partial charge in [-0.2, -0.15) is 0 Å². The minimum Gasteiger partial charge on any atom is -0.497 e. The Morgan fingerprint density at radius 3 is 2.39 bits per heavy atom. The molecule has 0 radical (unpaired) electrons. The first kappa shape index (κ1) is 20.2. The normalized spacial score (nSPS) is 14.7. The molecule has 0 unspecified atom stereocenters.